The van der Waals surface area contributed by atoms with Crippen LogP contribution in [0.4, 0.5) is 0 Å². The summed E-state index contributed by atoms with van der Waals surface area (Å²) in [5.41, 5.74) is 0.967. The Labute approximate surface area is 150 Å². The third kappa shape index (κ3) is 4.53. The Kier molecular flexibility index (Phi) is 5.97. The number of amides is 1. The number of benzene rings is 1. The van der Waals surface area contributed by atoms with Crippen LogP contribution in [0.15, 0.2) is 24.3 Å². The standard InChI is InChI=1S/C20H30N2O3/c1-15-12-21(13-16(2)25-15)14-18-8-6-10-22(18)20(23)11-17-7-4-5-9-19(17)24-3/h4-5,7,9,15-16,18H,6,8,10-14H2,1-3H3/t15-,16+,18-/m1/s1. The van der Waals surface area contributed by atoms with Crippen molar-refractivity contribution in [3.05, 3.63) is 29.8 Å². The quantitative estimate of drug-likeness (QED) is 0.821. The lowest BCUT2D eigenvalue weighted by atomic mass is 10.1. The van der Waals surface area contributed by atoms with Gasteiger partial charge in [-0.15, -0.1) is 0 Å². The van der Waals surface area contributed by atoms with Crippen molar-refractivity contribution in [2.75, 3.05) is 33.3 Å². The summed E-state index contributed by atoms with van der Waals surface area (Å²) in [5.74, 6) is 1.00. The van der Waals surface area contributed by atoms with Gasteiger partial charge in [-0.2, -0.15) is 0 Å². The van der Waals surface area contributed by atoms with Crippen LogP contribution in [0.3, 0.4) is 0 Å². The van der Waals surface area contributed by atoms with Gasteiger partial charge in [0.15, 0.2) is 0 Å². The Morgan fingerprint density at radius 3 is 2.68 bits per heavy atom. The maximum atomic E-state index is 12.9. The predicted octanol–water partition coefficient (Wildman–Crippen LogP) is 2.34. The van der Waals surface area contributed by atoms with Crippen LogP contribution >= 0.6 is 0 Å². The fraction of sp³-hybridized carbons (Fsp3) is 0.650. The fourth-order valence-electron chi connectivity index (χ4n) is 4.20. The highest BCUT2D eigenvalue weighted by molar-refractivity contribution is 5.80. The highest BCUT2D eigenvalue weighted by Crippen LogP contribution is 2.24. The van der Waals surface area contributed by atoms with Crippen LogP contribution in [0.5, 0.6) is 5.75 Å². The molecule has 0 aliphatic carbocycles. The van der Waals surface area contributed by atoms with Crippen molar-refractivity contribution in [3.8, 4) is 5.75 Å². The Hall–Kier alpha value is -1.59. The lowest BCUT2D eigenvalue weighted by Crippen LogP contribution is -2.51. The molecule has 1 amide bonds. The zero-order valence-electron chi connectivity index (χ0n) is 15.6. The zero-order valence-corrected chi connectivity index (χ0v) is 15.6. The summed E-state index contributed by atoms with van der Waals surface area (Å²) in [6.07, 6.45) is 3.14. The van der Waals surface area contributed by atoms with Gasteiger partial charge in [0.05, 0.1) is 25.7 Å². The number of ether oxygens (including phenoxy) is 2. The first-order chi connectivity index (χ1) is 12.1. The molecule has 3 atom stereocenters. The normalized spacial score (nSPS) is 27.5. The van der Waals surface area contributed by atoms with Crippen LogP contribution in [0.25, 0.3) is 0 Å². The third-order valence-corrected chi connectivity index (χ3v) is 5.20. The van der Waals surface area contributed by atoms with Crippen LogP contribution in [0, 0.1) is 0 Å². The highest BCUT2D eigenvalue weighted by Gasteiger charge is 2.32. The van der Waals surface area contributed by atoms with Gasteiger partial charge in [-0.05, 0) is 32.8 Å². The van der Waals surface area contributed by atoms with E-state index in [0.29, 0.717) is 12.5 Å². The molecule has 138 valence electrons. The first-order valence-corrected chi connectivity index (χ1v) is 9.36. The molecule has 3 rings (SSSR count). The van der Waals surface area contributed by atoms with Gasteiger partial charge < -0.3 is 14.4 Å². The van der Waals surface area contributed by atoms with Crippen LogP contribution in [0.1, 0.15) is 32.3 Å². The van der Waals surface area contributed by atoms with Crippen molar-refractivity contribution in [2.45, 2.75) is 51.4 Å². The largest absolute Gasteiger partial charge is 0.496 e. The zero-order chi connectivity index (χ0) is 17.8. The van der Waals surface area contributed by atoms with E-state index in [-0.39, 0.29) is 18.1 Å². The second kappa shape index (κ2) is 8.19. The molecule has 0 bridgehead atoms. The van der Waals surface area contributed by atoms with E-state index < -0.39 is 0 Å². The minimum absolute atomic E-state index is 0.210. The Morgan fingerprint density at radius 2 is 1.96 bits per heavy atom. The number of likely N-dealkylation sites (tertiary alicyclic amines) is 1. The molecule has 2 heterocycles. The first kappa shape index (κ1) is 18.2. The van der Waals surface area contributed by atoms with Crippen molar-refractivity contribution in [2.24, 2.45) is 0 Å². The number of carbonyl (C=O) groups is 1. The smallest absolute Gasteiger partial charge is 0.227 e. The van der Waals surface area contributed by atoms with E-state index in [9.17, 15) is 4.79 Å². The molecule has 5 heteroatoms. The van der Waals surface area contributed by atoms with Gasteiger partial charge >= 0.3 is 0 Å². The van der Waals surface area contributed by atoms with Gasteiger partial charge in [-0.3, -0.25) is 9.69 Å². The molecule has 2 fully saturated rings. The van der Waals surface area contributed by atoms with Crippen molar-refractivity contribution in [3.63, 3.8) is 0 Å². The molecule has 0 saturated carbocycles. The average molecular weight is 346 g/mol. The van der Waals surface area contributed by atoms with Gasteiger partial charge in [0.1, 0.15) is 5.75 Å². The van der Waals surface area contributed by atoms with Crippen molar-refractivity contribution < 1.29 is 14.3 Å². The first-order valence-electron chi connectivity index (χ1n) is 9.36. The Morgan fingerprint density at radius 1 is 1.24 bits per heavy atom. The highest BCUT2D eigenvalue weighted by atomic mass is 16.5. The minimum atomic E-state index is 0.210. The van der Waals surface area contributed by atoms with Gasteiger partial charge in [-0.1, -0.05) is 18.2 Å². The molecule has 5 nitrogen and oxygen atoms in total. The summed E-state index contributed by atoms with van der Waals surface area (Å²) in [7, 11) is 1.66. The number of nitrogens with zero attached hydrogens (tertiary/aromatic N) is 2. The molecule has 2 aliphatic rings. The summed E-state index contributed by atoms with van der Waals surface area (Å²) < 4.78 is 11.2. The molecule has 2 aliphatic heterocycles. The third-order valence-electron chi connectivity index (χ3n) is 5.20. The summed E-state index contributed by atoms with van der Waals surface area (Å²) in [6.45, 7) is 7.98. The van der Waals surface area contributed by atoms with E-state index in [4.69, 9.17) is 9.47 Å². The van der Waals surface area contributed by atoms with Crippen LogP contribution in [0.2, 0.25) is 0 Å². The van der Waals surface area contributed by atoms with Gasteiger partial charge in [-0.25, -0.2) is 0 Å². The molecule has 0 radical (unpaired) electrons. The Bertz CT molecular complexity index is 582. The van der Waals surface area contributed by atoms with Crippen LogP contribution < -0.4 is 4.74 Å². The SMILES string of the molecule is COc1ccccc1CC(=O)N1CCC[C@@H]1CN1C[C@@H](C)O[C@@H](C)C1. The van der Waals surface area contributed by atoms with Crippen LogP contribution in [-0.4, -0.2) is 67.2 Å². The molecular weight excluding hydrogens is 316 g/mol. The van der Waals surface area contributed by atoms with Gasteiger partial charge in [0.25, 0.3) is 0 Å². The average Bonchev–Trinajstić information content (AvgIpc) is 3.02. The summed E-state index contributed by atoms with van der Waals surface area (Å²) in [4.78, 5) is 17.4. The van der Waals surface area contributed by atoms with Gasteiger partial charge in [0, 0.05) is 37.8 Å². The number of hydrogen-bond donors (Lipinski definition) is 0. The number of hydrogen-bond acceptors (Lipinski definition) is 4. The predicted molar refractivity (Wildman–Crippen MR) is 97.9 cm³/mol. The van der Waals surface area contributed by atoms with Crippen LogP contribution in [-0.2, 0) is 16.0 Å². The molecule has 1 aromatic rings. The van der Waals surface area contributed by atoms with E-state index in [1.807, 2.05) is 24.3 Å². The van der Waals surface area contributed by atoms with Crippen molar-refractivity contribution in [1.82, 2.24) is 9.80 Å². The van der Waals surface area contributed by atoms with E-state index in [1.54, 1.807) is 7.11 Å². The lowest BCUT2D eigenvalue weighted by Gasteiger charge is -2.38. The fourth-order valence-corrected chi connectivity index (χ4v) is 4.20. The number of para-hydroxylation sites is 1. The van der Waals surface area contributed by atoms with Crippen molar-refractivity contribution in [1.29, 1.82) is 0 Å². The van der Waals surface area contributed by atoms with E-state index in [0.717, 1.165) is 50.3 Å². The lowest BCUT2D eigenvalue weighted by molar-refractivity contribution is -0.132. The summed E-state index contributed by atoms with van der Waals surface area (Å²) in [5, 5.41) is 0. The van der Waals surface area contributed by atoms with Gasteiger partial charge in [0.2, 0.25) is 5.91 Å². The van der Waals surface area contributed by atoms with E-state index >= 15 is 0 Å². The maximum absolute atomic E-state index is 12.9. The molecule has 1 aromatic carbocycles. The number of carbonyl (C=O) groups excluding carboxylic acids is 1. The summed E-state index contributed by atoms with van der Waals surface area (Å²) >= 11 is 0. The maximum Gasteiger partial charge on any atom is 0.227 e. The topological polar surface area (TPSA) is 42.0 Å². The van der Waals surface area contributed by atoms with E-state index in [2.05, 4.69) is 23.6 Å². The molecular formula is C20H30N2O3. The number of morpholine rings is 1. The number of rotatable bonds is 5. The Balaban J connectivity index is 1.61. The molecule has 0 unspecified atom stereocenters. The summed E-state index contributed by atoms with van der Waals surface area (Å²) in [6, 6.07) is 8.11. The second-order valence-electron chi connectivity index (χ2n) is 7.35. The molecule has 0 spiro atoms. The molecule has 2 saturated heterocycles. The van der Waals surface area contributed by atoms with Crippen molar-refractivity contribution >= 4 is 5.91 Å². The molecule has 0 aromatic heterocycles. The molecule has 0 N–H and O–H groups in total. The molecule has 25 heavy (non-hydrogen) atoms. The monoisotopic (exact) mass is 346 g/mol. The second-order valence-corrected chi connectivity index (χ2v) is 7.35. The van der Waals surface area contributed by atoms with E-state index in [1.165, 1.54) is 0 Å². The number of methoxy groups -OCH3 is 1. The minimum Gasteiger partial charge on any atom is -0.496 e.